The molecule has 0 aliphatic rings. The molecule has 0 saturated carbocycles. The van der Waals surface area contributed by atoms with Gasteiger partial charge in [-0.15, -0.1) is 0 Å². The summed E-state index contributed by atoms with van der Waals surface area (Å²) in [6, 6.07) is 7.91. The average Bonchev–Trinajstić information content (AvgIpc) is 2.43. The predicted octanol–water partition coefficient (Wildman–Crippen LogP) is 4.19. The van der Waals surface area contributed by atoms with Gasteiger partial charge in [-0.2, -0.15) is 4.98 Å². The Morgan fingerprint density at radius 3 is 2.50 bits per heavy atom. The zero-order valence-electron chi connectivity index (χ0n) is 11.9. The van der Waals surface area contributed by atoms with Gasteiger partial charge in [-0.25, -0.2) is 4.98 Å². The summed E-state index contributed by atoms with van der Waals surface area (Å²) < 4.78 is 5.63. The molecule has 0 fully saturated rings. The van der Waals surface area contributed by atoms with E-state index in [9.17, 15) is 0 Å². The smallest absolute Gasteiger partial charge is 0.243 e. The Bertz CT molecular complexity index is 597. The molecule has 1 aromatic heterocycles. The van der Waals surface area contributed by atoms with Gasteiger partial charge in [0.25, 0.3) is 0 Å². The van der Waals surface area contributed by atoms with E-state index in [2.05, 4.69) is 42.9 Å². The van der Waals surface area contributed by atoms with E-state index in [1.54, 1.807) is 0 Å². The molecule has 1 heterocycles. The Labute approximate surface area is 124 Å². The molecule has 106 valence electrons. The van der Waals surface area contributed by atoms with Gasteiger partial charge >= 0.3 is 0 Å². The van der Waals surface area contributed by atoms with Crippen molar-refractivity contribution in [2.45, 2.75) is 32.6 Å². The Morgan fingerprint density at radius 2 is 1.90 bits per heavy atom. The van der Waals surface area contributed by atoms with Gasteiger partial charge in [0, 0.05) is 0 Å². The molecule has 1 aromatic carbocycles. The molecule has 0 spiro atoms. The van der Waals surface area contributed by atoms with Gasteiger partial charge in [0.2, 0.25) is 11.8 Å². The molecule has 4 nitrogen and oxygen atoms in total. The quantitative estimate of drug-likeness (QED) is 0.917. The third-order valence-electron chi connectivity index (χ3n) is 3.46. The standard InChI is InChI=1S/C15H18ClN3O/c1-4-15(2,3)10-5-7-11(8-6-10)20-13-12(16)9-18-14(17)19-13/h5-9H,4H2,1-3H3,(H2,17,18,19). The van der Waals surface area contributed by atoms with E-state index in [0.29, 0.717) is 10.8 Å². The summed E-state index contributed by atoms with van der Waals surface area (Å²) in [6.07, 6.45) is 2.50. The molecule has 0 aliphatic heterocycles. The first kappa shape index (κ1) is 14.6. The van der Waals surface area contributed by atoms with Crippen molar-refractivity contribution in [2.75, 3.05) is 5.73 Å². The monoisotopic (exact) mass is 291 g/mol. The number of hydrogen-bond donors (Lipinski definition) is 1. The molecule has 0 saturated heterocycles. The Morgan fingerprint density at radius 1 is 1.25 bits per heavy atom. The fourth-order valence-electron chi connectivity index (χ4n) is 1.73. The normalized spacial score (nSPS) is 11.4. The molecule has 0 unspecified atom stereocenters. The number of aromatic nitrogens is 2. The highest BCUT2D eigenvalue weighted by molar-refractivity contribution is 6.31. The van der Waals surface area contributed by atoms with E-state index in [4.69, 9.17) is 22.1 Å². The summed E-state index contributed by atoms with van der Waals surface area (Å²) in [7, 11) is 0. The first-order chi connectivity index (χ1) is 9.42. The first-order valence-electron chi connectivity index (χ1n) is 6.49. The third kappa shape index (κ3) is 3.20. The molecule has 2 N–H and O–H groups in total. The first-order valence-corrected chi connectivity index (χ1v) is 6.86. The van der Waals surface area contributed by atoms with Gasteiger partial charge in [-0.1, -0.05) is 44.5 Å². The van der Waals surface area contributed by atoms with Crippen molar-refractivity contribution in [3.8, 4) is 11.6 Å². The van der Waals surface area contributed by atoms with Crippen LogP contribution in [0.2, 0.25) is 5.02 Å². The van der Waals surface area contributed by atoms with Gasteiger partial charge in [0.15, 0.2) is 0 Å². The van der Waals surface area contributed by atoms with Gasteiger partial charge in [0.1, 0.15) is 10.8 Å². The van der Waals surface area contributed by atoms with E-state index in [1.807, 2.05) is 12.1 Å². The van der Waals surface area contributed by atoms with Crippen LogP contribution in [0.5, 0.6) is 11.6 Å². The summed E-state index contributed by atoms with van der Waals surface area (Å²) in [6.45, 7) is 6.60. The molecule has 20 heavy (non-hydrogen) atoms. The van der Waals surface area contributed by atoms with Crippen LogP contribution in [-0.2, 0) is 5.41 Å². The molecule has 5 heteroatoms. The highest BCUT2D eigenvalue weighted by Gasteiger charge is 2.17. The van der Waals surface area contributed by atoms with Crippen molar-refractivity contribution in [2.24, 2.45) is 0 Å². The van der Waals surface area contributed by atoms with Crippen molar-refractivity contribution < 1.29 is 4.74 Å². The second-order valence-electron chi connectivity index (χ2n) is 5.25. The topological polar surface area (TPSA) is 61.0 Å². The summed E-state index contributed by atoms with van der Waals surface area (Å²) >= 11 is 5.97. The van der Waals surface area contributed by atoms with Crippen LogP contribution in [0.15, 0.2) is 30.5 Å². The highest BCUT2D eigenvalue weighted by Crippen LogP contribution is 2.31. The average molecular weight is 292 g/mol. The van der Waals surface area contributed by atoms with Gasteiger partial charge < -0.3 is 10.5 Å². The molecule has 2 aromatic rings. The fraction of sp³-hybridized carbons (Fsp3) is 0.333. The minimum atomic E-state index is 0.133. The number of anilines is 1. The zero-order chi connectivity index (χ0) is 14.8. The maximum atomic E-state index is 5.97. The molecule has 0 atom stereocenters. The predicted molar refractivity (Wildman–Crippen MR) is 81.3 cm³/mol. The number of nitrogens with zero attached hydrogens (tertiary/aromatic N) is 2. The lowest BCUT2D eigenvalue weighted by Crippen LogP contribution is -2.14. The molecular formula is C15H18ClN3O. The van der Waals surface area contributed by atoms with E-state index in [-0.39, 0.29) is 17.2 Å². The fourth-order valence-corrected chi connectivity index (χ4v) is 1.86. The number of ether oxygens (including phenoxy) is 1. The summed E-state index contributed by atoms with van der Waals surface area (Å²) in [4.78, 5) is 7.76. The molecular weight excluding hydrogens is 274 g/mol. The maximum absolute atomic E-state index is 5.97. The van der Waals surface area contributed by atoms with E-state index >= 15 is 0 Å². The summed E-state index contributed by atoms with van der Waals surface area (Å²) in [5.74, 6) is 1.07. The lowest BCUT2D eigenvalue weighted by molar-refractivity contribution is 0.460. The number of halogens is 1. The van der Waals surface area contributed by atoms with Crippen molar-refractivity contribution in [3.63, 3.8) is 0 Å². The largest absolute Gasteiger partial charge is 0.437 e. The number of nitrogen functional groups attached to an aromatic ring is 1. The highest BCUT2D eigenvalue weighted by atomic mass is 35.5. The van der Waals surface area contributed by atoms with Gasteiger partial charge in [0.05, 0.1) is 6.20 Å². The number of nitrogens with two attached hydrogens (primary N) is 1. The van der Waals surface area contributed by atoms with Crippen LogP contribution in [0.1, 0.15) is 32.8 Å². The van der Waals surface area contributed by atoms with Crippen LogP contribution in [0.4, 0.5) is 5.95 Å². The van der Waals surface area contributed by atoms with E-state index in [1.165, 1.54) is 11.8 Å². The van der Waals surface area contributed by atoms with E-state index in [0.717, 1.165) is 6.42 Å². The second kappa shape index (κ2) is 5.67. The minimum Gasteiger partial charge on any atom is -0.437 e. The van der Waals surface area contributed by atoms with E-state index < -0.39 is 0 Å². The molecule has 0 amide bonds. The van der Waals surface area contributed by atoms with Gasteiger partial charge in [-0.05, 0) is 29.5 Å². The third-order valence-corrected chi connectivity index (χ3v) is 3.72. The number of hydrogen-bond acceptors (Lipinski definition) is 4. The van der Waals surface area contributed by atoms with Crippen molar-refractivity contribution >= 4 is 17.5 Å². The molecule has 0 bridgehead atoms. The molecule has 0 radical (unpaired) electrons. The Kier molecular flexibility index (Phi) is 4.14. The van der Waals surface area contributed by atoms with Crippen LogP contribution >= 0.6 is 11.6 Å². The van der Waals surface area contributed by atoms with Crippen molar-refractivity contribution in [1.29, 1.82) is 0 Å². The lowest BCUT2D eigenvalue weighted by Gasteiger charge is -2.23. The summed E-state index contributed by atoms with van der Waals surface area (Å²) in [5.41, 5.74) is 6.93. The SMILES string of the molecule is CCC(C)(C)c1ccc(Oc2nc(N)ncc2Cl)cc1. The maximum Gasteiger partial charge on any atom is 0.243 e. The Balaban J connectivity index is 2.21. The van der Waals surface area contributed by atoms with Crippen LogP contribution in [-0.4, -0.2) is 9.97 Å². The van der Waals surface area contributed by atoms with Crippen LogP contribution in [0, 0.1) is 0 Å². The Hall–Kier alpha value is -1.81. The van der Waals surface area contributed by atoms with Gasteiger partial charge in [-0.3, -0.25) is 0 Å². The lowest BCUT2D eigenvalue weighted by atomic mass is 9.82. The number of benzene rings is 1. The van der Waals surface area contributed by atoms with Crippen LogP contribution in [0.3, 0.4) is 0 Å². The minimum absolute atomic E-state index is 0.133. The van der Waals surface area contributed by atoms with Crippen molar-refractivity contribution in [3.05, 3.63) is 41.0 Å². The second-order valence-corrected chi connectivity index (χ2v) is 5.65. The molecule has 0 aliphatic carbocycles. The summed E-state index contributed by atoms with van der Waals surface area (Å²) in [5, 5.41) is 0.331. The zero-order valence-corrected chi connectivity index (χ0v) is 12.6. The van der Waals surface area contributed by atoms with Crippen molar-refractivity contribution in [1.82, 2.24) is 9.97 Å². The van der Waals surface area contributed by atoms with Crippen LogP contribution in [0.25, 0.3) is 0 Å². The van der Waals surface area contributed by atoms with Crippen LogP contribution < -0.4 is 10.5 Å². The number of rotatable bonds is 4. The molecule has 2 rings (SSSR count).